The van der Waals surface area contributed by atoms with Crippen molar-refractivity contribution in [3.8, 4) is 0 Å². The fraction of sp³-hybridized carbons (Fsp3) is 0.500. The van der Waals surface area contributed by atoms with E-state index in [9.17, 15) is 19.2 Å². The number of carbonyl (C=O) groups is 4. The number of carboxylic acid groups (broad SMARTS) is 1. The molecule has 4 N–H and O–H groups in total. The highest BCUT2D eigenvalue weighted by atomic mass is 16.5. The minimum atomic E-state index is -1.03. The van der Waals surface area contributed by atoms with E-state index in [1.54, 1.807) is 74.8 Å². The quantitative estimate of drug-likeness (QED) is 0.113. The van der Waals surface area contributed by atoms with Gasteiger partial charge in [0.05, 0.1) is 35.5 Å². The lowest BCUT2D eigenvalue weighted by Gasteiger charge is -2.32. The first kappa shape index (κ1) is 49.5. The smallest absolute Gasteiger partial charge is 0.337 e. The van der Waals surface area contributed by atoms with E-state index in [4.69, 9.17) is 19.6 Å². The van der Waals surface area contributed by atoms with Gasteiger partial charge < -0.3 is 54.4 Å². The maximum Gasteiger partial charge on any atom is 0.337 e. The Morgan fingerprint density at radius 3 is 1.44 bits per heavy atom. The fourth-order valence-corrected chi connectivity index (χ4v) is 10.9. The number of ether oxygens (including phenoxy) is 2. The SMILES string of the molecule is C1CC2CNCC1O2.CN(C)C(=O)c1cc2cnc(Nc3ccc(C(=O)N4CC5CCC(C4)O5)cn3)nc2n1C1CCCC1.CN(C)C(=O)c1cc2cnc(Nc3ccc(C(=O)O)cn3)nc2n1C1CCCC1. The largest absolute Gasteiger partial charge is 0.478 e. The van der Waals surface area contributed by atoms with Crippen LogP contribution in [0.4, 0.5) is 23.5 Å². The van der Waals surface area contributed by atoms with E-state index in [1.165, 1.54) is 25.1 Å². The molecule has 73 heavy (non-hydrogen) atoms. The number of hydrogen-bond acceptors (Lipinski definition) is 15. The Balaban J connectivity index is 0.000000147. The number of carbonyl (C=O) groups excluding carboxylic acids is 3. The van der Waals surface area contributed by atoms with E-state index in [0.29, 0.717) is 71.4 Å². The second-order valence-electron chi connectivity index (χ2n) is 20.2. The first-order valence-electron chi connectivity index (χ1n) is 25.5. The number of hydrogen-bond donors (Lipinski definition) is 4. The Bertz CT molecular complexity index is 2940. The van der Waals surface area contributed by atoms with E-state index in [-0.39, 0.29) is 47.6 Å². The molecule has 21 nitrogen and oxygen atoms in total. The molecule has 4 bridgehead atoms. The van der Waals surface area contributed by atoms with Crippen LogP contribution in [-0.2, 0) is 9.47 Å². The summed E-state index contributed by atoms with van der Waals surface area (Å²) in [5.41, 5.74) is 3.38. The third-order valence-corrected chi connectivity index (χ3v) is 14.6. The van der Waals surface area contributed by atoms with Crippen molar-refractivity contribution in [1.29, 1.82) is 0 Å². The van der Waals surface area contributed by atoms with Crippen LogP contribution >= 0.6 is 0 Å². The lowest BCUT2D eigenvalue weighted by molar-refractivity contribution is -0.0303. The highest BCUT2D eigenvalue weighted by molar-refractivity contribution is 5.99. The average Bonchev–Trinajstić information content (AvgIpc) is 4.28. The van der Waals surface area contributed by atoms with Gasteiger partial charge in [0.25, 0.3) is 17.7 Å². The molecule has 6 aliphatic rings. The molecule has 2 aliphatic carbocycles. The van der Waals surface area contributed by atoms with Gasteiger partial charge in [0.15, 0.2) is 0 Å². The number of nitrogens with one attached hydrogen (secondary N) is 3. The van der Waals surface area contributed by atoms with Crippen molar-refractivity contribution >= 4 is 69.3 Å². The number of aromatic nitrogens is 8. The molecule has 4 saturated heterocycles. The van der Waals surface area contributed by atoms with Crippen LogP contribution < -0.4 is 16.0 Å². The summed E-state index contributed by atoms with van der Waals surface area (Å²) in [6.07, 6.45) is 21.0. The van der Waals surface area contributed by atoms with Crippen molar-refractivity contribution in [3.05, 3.63) is 83.7 Å². The maximum absolute atomic E-state index is 13.0. The summed E-state index contributed by atoms with van der Waals surface area (Å²) in [6, 6.07) is 10.8. The zero-order valence-corrected chi connectivity index (χ0v) is 41.9. The summed E-state index contributed by atoms with van der Waals surface area (Å²) >= 11 is 0. The molecule has 4 unspecified atom stereocenters. The molecule has 0 radical (unpaired) electrons. The Hall–Kier alpha value is -7.10. The van der Waals surface area contributed by atoms with Crippen molar-refractivity contribution in [2.45, 2.75) is 114 Å². The number of nitrogens with zero attached hydrogens (tertiary/aromatic N) is 11. The lowest BCUT2D eigenvalue weighted by atomic mass is 10.2. The van der Waals surface area contributed by atoms with Gasteiger partial charge in [0.1, 0.15) is 34.3 Å². The van der Waals surface area contributed by atoms with Crippen molar-refractivity contribution in [2.75, 3.05) is 65.0 Å². The molecule has 4 atom stereocenters. The summed E-state index contributed by atoms with van der Waals surface area (Å²) in [4.78, 5) is 81.3. The molecule has 6 aromatic rings. The molecule has 0 spiro atoms. The fourth-order valence-electron chi connectivity index (χ4n) is 10.9. The molecule has 384 valence electrons. The highest BCUT2D eigenvalue weighted by Crippen LogP contribution is 2.37. The standard InChI is InChI=1S/C26H31N7O3.C20H22N6O3.C6H11NO/c1-31(2)25(35)21-11-17-13-28-26(30-23(17)33(21)18-5-3-4-6-18)29-22-10-7-16(12-27-22)24(34)32-14-19-8-9-20(15-32)36-19;1-25(2)18(27)15-9-13-11-22-20(23-16-8-7-12(10-21-16)19(28)29)24-17(13)26(15)14-5-3-4-6-14;1-2-6-4-7-3-5(1)8-6/h7,10-13,18-20H,3-6,8-9,14-15H2,1-2H3,(H,27,28,29,30);7-11,14H,3-6H2,1-2H3,(H,28,29)(H,21,22,23,24);5-7H,1-4H2. The topological polar surface area (TPSA) is 240 Å². The summed E-state index contributed by atoms with van der Waals surface area (Å²) in [5.74, 6) is 0.595. The van der Waals surface area contributed by atoms with E-state index in [2.05, 4.69) is 45.4 Å². The van der Waals surface area contributed by atoms with Gasteiger partial charge in [-0.1, -0.05) is 25.7 Å². The van der Waals surface area contributed by atoms with Crippen molar-refractivity contribution in [3.63, 3.8) is 0 Å². The van der Waals surface area contributed by atoms with Crippen LogP contribution in [0.1, 0.15) is 131 Å². The third kappa shape index (κ3) is 11.0. The Morgan fingerprint density at radius 2 is 1.03 bits per heavy atom. The minimum absolute atomic E-state index is 0.0144. The van der Waals surface area contributed by atoms with Crippen LogP contribution in [0.2, 0.25) is 0 Å². The summed E-state index contributed by atoms with van der Waals surface area (Å²) < 4.78 is 15.5. The molecule has 4 aliphatic heterocycles. The van der Waals surface area contributed by atoms with Gasteiger partial charge in [-0.3, -0.25) is 14.4 Å². The van der Waals surface area contributed by atoms with E-state index in [1.807, 2.05) is 21.6 Å². The summed E-state index contributed by atoms with van der Waals surface area (Å²) in [6.45, 7) is 3.44. The molecular formula is C52H64N14O7. The molecule has 6 aromatic heterocycles. The van der Waals surface area contributed by atoms with Crippen LogP contribution in [0, 0.1) is 0 Å². The van der Waals surface area contributed by atoms with Crippen molar-refractivity contribution < 1.29 is 33.8 Å². The number of rotatable bonds is 10. The van der Waals surface area contributed by atoms with Gasteiger partial charge in [-0.05, 0) is 87.8 Å². The van der Waals surface area contributed by atoms with Crippen molar-refractivity contribution in [1.82, 2.24) is 59.1 Å². The number of morpholine rings is 2. The first-order chi connectivity index (χ1) is 35.3. The number of fused-ring (bicyclic) bond motifs is 6. The molecular weight excluding hydrogens is 933 g/mol. The van der Waals surface area contributed by atoms with Gasteiger partial charge >= 0.3 is 5.97 Å². The van der Waals surface area contributed by atoms with Gasteiger partial charge in [-0.15, -0.1) is 0 Å². The highest BCUT2D eigenvalue weighted by Gasteiger charge is 2.36. The van der Waals surface area contributed by atoms with Gasteiger partial charge in [-0.2, -0.15) is 9.97 Å². The Labute approximate surface area is 423 Å². The molecule has 10 heterocycles. The van der Waals surface area contributed by atoms with E-state index >= 15 is 0 Å². The molecule has 0 aromatic carbocycles. The zero-order chi connectivity index (χ0) is 50.8. The van der Waals surface area contributed by atoms with Crippen LogP contribution in [-0.4, -0.2) is 161 Å². The Morgan fingerprint density at radius 1 is 0.589 bits per heavy atom. The second kappa shape index (κ2) is 21.5. The molecule has 21 heteroatoms. The lowest BCUT2D eigenvalue weighted by Crippen LogP contribution is -2.45. The zero-order valence-electron chi connectivity index (χ0n) is 41.9. The number of amides is 3. The molecule has 12 rings (SSSR count). The Kier molecular flexibility index (Phi) is 14.6. The van der Waals surface area contributed by atoms with Crippen LogP contribution in [0.25, 0.3) is 22.1 Å². The number of aromatic carboxylic acids is 1. The van der Waals surface area contributed by atoms with Crippen LogP contribution in [0.3, 0.4) is 0 Å². The van der Waals surface area contributed by atoms with E-state index < -0.39 is 5.97 Å². The number of carboxylic acids is 1. The van der Waals surface area contributed by atoms with Crippen molar-refractivity contribution in [2.24, 2.45) is 0 Å². The maximum atomic E-state index is 13.0. The first-order valence-corrected chi connectivity index (χ1v) is 25.5. The van der Waals surface area contributed by atoms with Crippen LogP contribution in [0.15, 0.2) is 61.2 Å². The summed E-state index contributed by atoms with van der Waals surface area (Å²) in [7, 11) is 7.01. The molecule has 2 saturated carbocycles. The number of likely N-dealkylation sites (tertiary alicyclic amines) is 1. The predicted octanol–water partition coefficient (Wildman–Crippen LogP) is 6.61. The van der Waals surface area contributed by atoms with Crippen LogP contribution in [0.5, 0.6) is 0 Å². The van der Waals surface area contributed by atoms with Gasteiger partial charge in [0, 0.05) is 102 Å². The monoisotopic (exact) mass is 997 g/mol. The normalized spacial score (nSPS) is 21.3. The minimum Gasteiger partial charge on any atom is -0.478 e. The van der Waals surface area contributed by atoms with E-state index in [0.717, 1.165) is 93.7 Å². The number of pyridine rings is 2. The average molecular weight is 997 g/mol. The number of anilines is 4. The predicted molar refractivity (Wildman–Crippen MR) is 273 cm³/mol. The molecule has 3 amide bonds. The molecule has 6 fully saturated rings. The third-order valence-electron chi connectivity index (χ3n) is 14.6. The second-order valence-corrected chi connectivity index (χ2v) is 20.2. The summed E-state index contributed by atoms with van der Waals surface area (Å²) in [5, 5.41) is 20.1. The van der Waals surface area contributed by atoms with Gasteiger partial charge in [0.2, 0.25) is 11.9 Å². The van der Waals surface area contributed by atoms with Gasteiger partial charge in [-0.25, -0.2) is 24.7 Å².